The van der Waals surface area contributed by atoms with Gasteiger partial charge in [0.05, 0.1) is 25.7 Å². The lowest BCUT2D eigenvalue weighted by Gasteiger charge is -2.23. The fourth-order valence-corrected chi connectivity index (χ4v) is 4.11. The summed E-state index contributed by atoms with van der Waals surface area (Å²) in [7, 11) is 3.13. The Morgan fingerprint density at radius 2 is 1.76 bits per heavy atom. The Bertz CT molecular complexity index is 1050. The quantitative estimate of drug-likeness (QED) is 0.471. The maximum absolute atomic E-state index is 12.6. The van der Waals surface area contributed by atoms with E-state index in [1.807, 2.05) is 38.1 Å². The van der Waals surface area contributed by atoms with Crippen LogP contribution in [0.2, 0.25) is 0 Å². The van der Waals surface area contributed by atoms with Gasteiger partial charge in [-0.2, -0.15) is 0 Å². The van der Waals surface area contributed by atoms with Crippen LogP contribution in [0.25, 0.3) is 11.1 Å². The molecule has 33 heavy (non-hydrogen) atoms. The highest BCUT2D eigenvalue weighted by Crippen LogP contribution is 2.47. The number of cyclic esters (lactones) is 1. The summed E-state index contributed by atoms with van der Waals surface area (Å²) >= 11 is 0. The Morgan fingerprint density at radius 1 is 1.03 bits per heavy atom. The van der Waals surface area contributed by atoms with Crippen molar-refractivity contribution in [3.63, 3.8) is 0 Å². The highest BCUT2D eigenvalue weighted by Gasteiger charge is 2.49. The fraction of sp³-hybridized carbons (Fsp3) is 0.462. The maximum Gasteiger partial charge on any atom is 0.338 e. The fourth-order valence-electron chi connectivity index (χ4n) is 4.11. The van der Waals surface area contributed by atoms with Crippen molar-refractivity contribution in [3.05, 3.63) is 41.5 Å². The van der Waals surface area contributed by atoms with Crippen LogP contribution in [0.3, 0.4) is 0 Å². The van der Waals surface area contributed by atoms with E-state index in [0.29, 0.717) is 22.8 Å². The molecule has 2 aromatic rings. The maximum atomic E-state index is 12.6. The molecule has 4 rings (SSSR count). The number of carbonyl (C=O) groups is 2. The molecule has 0 saturated heterocycles. The van der Waals surface area contributed by atoms with Gasteiger partial charge in [0.1, 0.15) is 18.8 Å². The van der Waals surface area contributed by atoms with Gasteiger partial charge in [-0.05, 0) is 55.5 Å². The van der Waals surface area contributed by atoms with Gasteiger partial charge in [-0.1, -0.05) is 19.9 Å². The van der Waals surface area contributed by atoms with E-state index in [4.69, 9.17) is 23.7 Å². The van der Waals surface area contributed by atoms with Crippen LogP contribution in [0.15, 0.2) is 30.3 Å². The van der Waals surface area contributed by atoms with Gasteiger partial charge in [0, 0.05) is 11.1 Å². The Kier molecular flexibility index (Phi) is 6.49. The third kappa shape index (κ3) is 4.49. The number of benzene rings is 2. The summed E-state index contributed by atoms with van der Waals surface area (Å²) in [6.07, 6.45) is 3.03. The summed E-state index contributed by atoms with van der Waals surface area (Å²) in [6.45, 7) is 4.46. The van der Waals surface area contributed by atoms with Gasteiger partial charge in [-0.25, -0.2) is 4.79 Å². The van der Waals surface area contributed by atoms with Crippen LogP contribution in [0, 0.1) is 5.92 Å². The SMILES string of the molecule is CCC(CC)C(=O)OC1(COc2c(-c3ccc4c(c3)COC4=O)ccc(OC)c2OC)CC1. The minimum Gasteiger partial charge on any atom is -0.493 e. The zero-order valence-electron chi connectivity index (χ0n) is 19.6. The van der Waals surface area contributed by atoms with Gasteiger partial charge in [-0.15, -0.1) is 0 Å². The van der Waals surface area contributed by atoms with Crippen LogP contribution >= 0.6 is 0 Å². The van der Waals surface area contributed by atoms with E-state index < -0.39 is 5.60 Å². The molecule has 2 aromatic carbocycles. The molecule has 1 saturated carbocycles. The molecule has 1 aliphatic carbocycles. The summed E-state index contributed by atoms with van der Waals surface area (Å²) in [6, 6.07) is 9.26. The molecule has 0 spiro atoms. The standard InChI is InChI=1S/C26H30O7/c1-5-16(6-2)24(27)33-26(11-12-26)15-32-22-19(9-10-21(29-3)23(22)30-4)17-7-8-20-18(13-17)14-31-25(20)28/h7-10,13,16H,5-6,11-12,14-15H2,1-4H3. The van der Waals surface area contributed by atoms with Crippen molar-refractivity contribution >= 4 is 11.9 Å². The van der Waals surface area contributed by atoms with Crippen molar-refractivity contribution in [2.45, 2.75) is 51.7 Å². The van der Waals surface area contributed by atoms with Crippen LogP contribution in [0.1, 0.15) is 55.5 Å². The first kappa shape index (κ1) is 23.0. The summed E-state index contributed by atoms with van der Waals surface area (Å²) in [5.41, 5.74) is 2.45. The molecule has 7 nitrogen and oxygen atoms in total. The zero-order chi connectivity index (χ0) is 23.6. The van der Waals surface area contributed by atoms with Crippen molar-refractivity contribution in [2.75, 3.05) is 20.8 Å². The number of methoxy groups -OCH3 is 2. The molecular weight excluding hydrogens is 424 g/mol. The van der Waals surface area contributed by atoms with Gasteiger partial charge in [0.15, 0.2) is 11.5 Å². The first-order valence-electron chi connectivity index (χ1n) is 11.4. The molecule has 0 aromatic heterocycles. The minimum absolute atomic E-state index is 0.0965. The molecule has 0 bridgehead atoms. The summed E-state index contributed by atoms with van der Waals surface area (Å²) in [5.74, 6) is 0.935. The van der Waals surface area contributed by atoms with Gasteiger partial charge in [0.2, 0.25) is 5.75 Å². The largest absolute Gasteiger partial charge is 0.493 e. The molecule has 0 atom stereocenters. The van der Waals surface area contributed by atoms with Crippen molar-refractivity contribution in [2.24, 2.45) is 5.92 Å². The molecule has 0 N–H and O–H groups in total. The second-order valence-electron chi connectivity index (χ2n) is 8.53. The molecule has 7 heteroatoms. The predicted octanol–water partition coefficient (Wildman–Crippen LogP) is 4.93. The number of ether oxygens (including phenoxy) is 5. The van der Waals surface area contributed by atoms with Crippen LogP contribution in [-0.2, 0) is 20.9 Å². The Morgan fingerprint density at radius 3 is 2.39 bits per heavy atom. The van der Waals surface area contributed by atoms with E-state index in [-0.39, 0.29) is 31.1 Å². The lowest BCUT2D eigenvalue weighted by molar-refractivity contribution is -0.158. The number of hydrogen-bond acceptors (Lipinski definition) is 7. The van der Waals surface area contributed by atoms with E-state index in [1.165, 1.54) is 0 Å². The van der Waals surface area contributed by atoms with Crippen LogP contribution in [-0.4, -0.2) is 38.4 Å². The molecule has 0 unspecified atom stereocenters. The number of fused-ring (bicyclic) bond motifs is 1. The van der Waals surface area contributed by atoms with Crippen molar-refractivity contribution in [1.29, 1.82) is 0 Å². The summed E-state index contributed by atoms with van der Waals surface area (Å²) in [4.78, 5) is 24.4. The topological polar surface area (TPSA) is 80.3 Å². The summed E-state index contributed by atoms with van der Waals surface area (Å²) in [5, 5.41) is 0. The normalized spacial score (nSPS) is 15.6. The third-order valence-corrected chi connectivity index (χ3v) is 6.42. The highest BCUT2D eigenvalue weighted by molar-refractivity contribution is 5.94. The van der Waals surface area contributed by atoms with Crippen LogP contribution in [0.4, 0.5) is 0 Å². The van der Waals surface area contributed by atoms with E-state index >= 15 is 0 Å². The van der Waals surface area contributed by atoms with E-state index in [0.717, 1.165) is 42.4 Å². The van der Waals surface area contributed by atoms with Crippen molar-refractivity contribution < 1.29 is 33.3 Å². The molecular formula is C26H30O7. The number of hydrogen-bond donors (Lipinski definition) is 0. The van der Waals surface area contributed by atoms with Crippen LogP contribution in [0.5, 0.6) is 17.2 Å². The number of esters is 2. The summed E-state index contributed by atoms with van der Waals surface area (Å²) < 4.78 is 28.4. The molecule has 1 heterocycles. The monoisotopic (exact) mass is 454 g/mol. The van der Waals surface area contributed by atoms with Gasteiger partial charge < -0.3 is 23.7 Å². The average molecular weight is 455 g/mol. The Hall–Kier alpha value is -3.22. The molecule has 0 radical (unpaired) electrons. The first-order valence-corrected chi connectivity index (χ1v) is 11.4. The second kappa shape index (κ2) is 9.33. The van der Waals surface area contributed by atoms with Crippen LogP contribution < -0.4 is 14.2 Å². The van der Waals surface area contributed by atoms with E-state index in [2.05, 4.69) is 0 Å². The lowest BCUT2D eigenvalue weighted by Crippen LogP contribution is -2.30. The van der Waals surface area contributed by atoms with Gasteiger partial charge in [-0.3, -0.25) is 4.79 Å². The molecule has 1 fully saturated rings. The minimum atomic E-state index is -0.608. The highest BCUT2D eigenvalue weighted by atomic mass is 16.6. The molecule has 2 aliphatic rings. The van der Waals surface area contributed by atoms with Crippen molar-refractivity contribution in [3.8, 4) is 28.4 Å². The first-order chi connectivity index (χ1) is 15.9. The smallest absolute Gasteiger partial charge is 0.338 e. The van der Waals surface area contributed by atoms with E-state index in [1.54, 1.807) is 20.3 Å². The van der Waals surface area contributed by atoms with Crippen molar-refractivity contribution in [1.82, 2.24) is 0 Å². The van der Waals surface area contributed by atoms with E-state index in [9.17, 15) is 9.59 Å². The second-order valence-corrected chi connectivity index (χ2v) is 8.53. The Labute approximate surface area is 193 Å². The average Bonchev–Trinajstić information content (AvgIpc) is 3.50. The van der Waals surface area contributed by atoms with Gasteiger partial charge >= 0.3 is 11.9 Å². The molecule has 0 amide bonds. The number of rotatable bonds is 10. The molecule has 176 valence electrons. The van der Waals surface area contributed by atoms with Gasteiger partial charge in [0.25, 0.3) is 0 Å². The number of carbonyl (C=O) groups excluding carboxylic acids is 2. The Balaban J connectivity index is 1.63. The lowest BCUT2D eigenvalue weighted by atomic mass is 9.99. The third-order valence-electron chi connectivity index (χ3n) is 6.42. The predicted molar refractivity (Wildman–Crippen MR) is 122 cm³/mol. The molecule has 1 aliphatic heterocycles. The zero-order valence-corrected chi connectivity index (χ0v) is 19.6.